The van der Waals surface area contributed by atoms with E-state index < -0.39 is 12.2 Å². The standard InChI is InChI=1S/C22H19Br2NO3.C7H14N2O2S/c1-22(2)17(12-19(23)24)20(22)21(26)28-18(13-25)14-7-6-10-16(11-14)27-15-8-4-3-5-9-15;1-7(2,12-4)5-9-11-6(10)8-3/h3-12,17-18,20H,1-2H3;5H,1-4H3,(H,8,10)/b;9-5+/t17-,18+,20-;/m0./s1. The fourth-order valence-electron chi connectivity index (χ4n) is 3.60. The fourth-order valence-corrected chi connectivity index (χ4v) is 4.32. The lowest BCUT2D eigenvalue weighted by molar-refractivity contribution is -0.149. The van der Waals surface area contributed by atoms with E-state index in [9.17, 15) is 14.9 Å². The van der Waals surface area contributed by atoms with Gasteiger partial charge in [0, 0.05) is 17.4 Å². The van der Waals surface area contributed by atoms with Gasteiger partial charge in [-0.25, -0.2) is 4.79 Å². The van der Waals surface area contributed by atoms with Crippen molar-refractivity contribution in [3.05, 3.63) is 69.6 Å². The van der Waals surface area contributed by atoms with E-state index in [1.54, 1.807) is 42.2 Å². The van der Waals surface area contributed by atoms with Crippen LogP contribution in [0.2, 0.25) is 0 Å². The van der Waals surface area contributed by atoms with Crippen LogP contribution >= 0.6 is 43.6 Å². The Morgan fingerprint density at radius 1 is 1.15 bits per heavy atom. The van der Waals surface area contributed by atoms with E-state index in [4.69, 9.17) is 9.47 Å². The summed E-state index contributed by atoms with van der Waals surface area (Å²) in [5.74, 6) is 0.683. The maximum Gasteiger partial charge on any atom is 0.433 e. The van der Waals surface area contributed by atoms with Gasteiger partial charge in [0.1, 0.15) is 17.6 Å². The molecule has 214 valence electrons. The van der Waals surface area contributed by atoms with E-state index in [0.717, 1.165) is 3.39 Å². The summed E-state index contributed by atoms with van der Waals surface area (Å²) in [6.45, 7) is 7.99. The second kappa shape index (κ2) is 15.3. The topological polar surface area (TPSA) is 110 Å². The van der Waals surface area contributed by atoms with Crippen LogP contribution in [-0.4, -0.2) is 36.3 Å². The zero-order valence-corrected chi connectivity index (χ0v) is 27.2. The Labute approximate surface area is 256 Å². The Morgan fingerprint density at radius 3 is 2.38 bits per heavy atom. The minimum absolute atomic E-state index is 0.0563. The number of carbonyl (C=O) groups is 2. The normalized spacial score (nSPS) is 17.8. The molecule has 2 aromatic carbocycles. The maximum absolute atomic E-state index is 12.7. The number of esters is 1. The molecule has 1 aliphatic rings. The number of hydrogen-bond donors (Lipinski definition) is 1. The molecule has 11 heteroatoms. The first-order valence-corrected chi connectivity index (χ1v) is 15.1. The Kier molecular flexibility index (Phi) is 12.7. The molecule has 1 N–H and O–H groups in total. The first-order chi connectivity index (χ1) is 18.8. The van der Waals surface area contributed by atoms with Gasteiger partial charge in [-0.15, -0.1) is 0 Å². The molecule has 3 rings (SSSR count). The van der Waals surface area contributed by atoms with Crippen molar-refractivity contribution >= 4 is 61.9 Å². The van der Waals surface area contributed by atoms with Crippen LogP contribution in [0.15, 0.2) is 69.2 Å². The molecule has 0 bridgehead atoms. The van der Waals surface area contributed by atoms with E-state index in [1.807, 2.05) is 70.4 Å². The highest BCUT2D eigenvalue weighted by Crippen LogP contribution is 2.60. The van der Waals surface area contributed by atoms with E-state index in [2.05, 4.69) is 53.2 Å². The molecule has 0 unspecified atom stereocenters. The van der Waals surface area contributed by atoms with Crippen molar-refractivity contribution in [2.75, 3.05) is 13.3 Å². The van der Waals surface area contributed by atoms with Gasteiger partial charge in [-0.3, -0.25) is 9.63 Å². The van der Waals surface area contributed by atoms with Gasteiger partial charge < -0.3 is 14.8 Å². The van der Waals surface area contributed by atoms with E-state index in [-0.39, 0.29) is 28.0 Å². The lowest BCUT2D eigenvalue weighted by Crippen LogP contribution is -2.19. The van der Waals surface area contributed by atoms with Crippen LogP contribution in [0.3, 0.4) is 0 Å². The van der Waals surface area contributed by atoms with Crippen molar-refractivity contribution in [1.82, 2.24) is 5.32 Å². The van der Waals surface area contributed by atoms with Gasteiger partial charge >= 0.3 is 12.1 Å². The van der Waals surface area contributed by atoms with Crippen LogP contribution in [0.1, 0.15) is 39.4 Å². The van der Waals surface area contributed by atoms with Gasteiger partial charge in [-0.1, -0.05) is 55.4 Å². The summed E-state index contributed by atoms with van der Waals surface area (Å²) in [5.41, 5.74) is 0.374. The first-order valence-electron chi connectivity index (χ1n) is 12.3. The Morgan fingerprint density at radius 2 is 1.80 bits per heavy atom. The Hall–Kier alpha value is -2.81. The van der Waals surface area contributed by atoms with Gasteiger partial charge in [0.25, 0.3) is 0 Å². The summed E-state index contributed by atoms with van der Waals surface area (Å²) in [4.78, 5) is 27.6. The molecule has 1 saturated carbocycles. The predicted molar refractivity (Wildman–Crippen MR) is 166 cm³/mol. The van der Waals surface area contributed by atoms with Gasteiger partial charge in [0.15, 0.2) is 0 Å². The minimum atomic E-state index is -0.986. The van der Waals surface area contributed by atoms with Crippen molar-refractivity contribution in [2.24, 2.45) is 22.4 Å². The van der Waals surface area contributed by atoms with Gasteiger partial charge in [-0.05, 0) is 87.6 Å². The zero-order chi connectivity index (χ0) is 29.9. The highest BCUT2D eigenvalue weighted by Gasteiger charge is 2.61. The summed E-state index contributed by atoms with van der Waals surface area (Å²) in [6.07, 6.45) is 3.96. The van der Waals surface area contributed by atoms with E-state index in [0.29, 0.717) is 17.1 Å². The molecule has 1 aliphatic carbocycles. The molecule has 3 atom stereocenters. The van der Waals surface area contributed by atoms with Crippen LogP contribution in [0.25, 0.3) is 0 Å². The molecule has 1 fully saturated rings. The van der Waals surface area contributed by atoms with Crippen LogP contribution in [0.5, 0.6) is 11.5 Å². The fraction of sp³-hybridized carbons (Fsp3) is 0.379. The summed E-state index contributed by atoms with van der Waals surface area (Å²) in [6, 6.07) is 18.5. The molecular formula is C29H33Br2N3O5S. The van der Waals surface area contributed by atoms with Crippen LogP contribution < -0.4 is 10.1 Å². The average molecular weight is 695 g/mol. The molecule has 40 heavy (non-hydrogen) atoms. The van der Waals surface area contributed by atoms with Gasteiger partial charge in [-0.2, -0.15) is 17.0 Å². The number of carbonyl (C=O) groups excluding carboxylic acids is 2. The predicted octanol–water partition coefficient (Wildman–Crippen LogP) is 7.96. The molecule has 2 aromatic rings. The second-order valence-electron chi connectivity index (χ2n) is 9.89. The highest BCUT2D eigenvalue weighted by molar-refractivity contribution is 9.28. The van der Waals surface area contributed by atoms with Gasteiger partial charge in [0.05, 0.1) is 15.5 Å². The molecule has 0 spiro atoms. The smallest absolute Gasteiger partial charge is 0.433 e. The number of thioether (sulfide) groups is 1. The lowest BCUT2D eigenvalue weighted by Gasteiger charge is -2.13. The SMILES string of the molecule is CC1(C)[C@H](C(=O)O[C@H](C#N)c2cccc(Oc3ccccc3)c2)[C@@H]1C=C(Br)Br.CNC(=O)O/N=C/C(C)(C)SC. The third kappa shape index (κ3) is 10.3. The number of nitrogens with zero attached hydrogens (tertiary/aromatic N) is 2. The molecular weight excluding hydrogens is 662 g/mol. The number of benzene rings is 2. The number of amides is 1. The molecule has 0 aliphatic heterocycles. The van der Waals surface area contributed by atoms with E-state index in [1.165, 1.54) is 7.05 Å². The van der Waals surface area contributed by atoms with Crippen molar-refractivity contribution in [3.8, 4) is 17.6 Å². The highest BCUT2D eigenvalue weighted by atomic mass is 79.9. The minimum Gasteiger partial charge on any atom is -0.457 e. The molecule has 0 aromatic heterocycles. The van der Waals surface area contributed by atoms with Crippen molar-refractivity contribution in [3.63, 3.8) is 0 Å². The number of allylic oxidation sites excluding steroid dienone is 1. The molecule has 8 nitrogen and oxygen atoms in total. The number of nitriles is 1. The quantitative estimate of drug-likeness (QED) is 0.123. The van der Waals surface area contributed by atoms with Crippen molar-refractivity contribution in [2.45, 2.75) is 38.5 Å². The van der Waals surface area contributed by atoms with Crippen LogP contribution in [0, 0.1) is 28.6 Å². The number of rotatable bonds is 9. The first kappa shape index (κ1) is 33.4. The maximum atomic E-state index is 12.7. The largest absolute Gasteiger partial charge is 0.457 e. The summed E-state index contributed by atoms with van der Waals surface area (Å²) in [5, 5.41) is 15.4. The Bertz CT molecular complexity index is 1260. The molecule has 1 amide bonds. The summed E-state index contributed by atoms with van der Waals surface area (Å²) in [7, 11) is 1.48. The number of oxime groups is 1. The van der Waals surface area contributed by atoms with Crippen molar-refractivity contribution in [1.29, 1.82) is 5.26 Å². The lowest BCUT2D eigenvalue weighted by atomic mass is 10.1. The number of hydrogen-bond acceptors (Lipinski definition) is 8. The van der Waals surface area contributed by atoms with E-state index >= 15 is 0 Å². The second-order valence-corrected chi connectivity index (χ2v) is 14.1. The molecule has 0 heterocycles. The summed E-state index contributed by atoms with van der Waals surface area (Å²) >= 11 is 8.30. The third-order valence-corrected chi connectivity index (χ3v) is 7.88. The van der Waals surface area contributed by atoms with Crippen LogP contribution in [-0.2, 0) is 14.4 Å². The van der Waals surface area contributed by atoms with Crippen LogP contribution in [0.4, 0.5) is 4.79 Å². The third-order valence-electron chi connectivity index (χ3n) is 6.19. The van der Waals surface area contributed by atoms with Gasteiger partial charge in [0.2, 0.25) is 6.10 Å². The number of nitrogens with one attached hydrogen (secondary N) is 1. The molecule has 0 saturated heterocycles. The number of para-hydroxylation sites is 1. The average Bonchev–Trinajstić information content (AvgIpc) is 3.46. The monoisotopic (exact) mass is 693 g/mol. The number of ether oxygens (including phenoxy) is 2. The number of halogens is 2. The summed E-state index contributed by atoms with van der Waals surface area (Å²) < 4.78 is 12.0. The molecule has 0 radical (unpaired) electrons. The Balaban J connectivity index is 0.000000395. The van der Waals surface area contributed by atoms with Crippen molar-refractivity contribution < 1.29 is 23.9 Å². The zero-order valence-electron chi connectivity index (χ0n) is 23.2.